The van der Waals surface area contributed by atoms with E-state index in [-0.39, 0.29) is 24.7 Å². The molecular formula is C11H14FN3O5. The number of amides is 1. The average molecular weight is 287 g/mol. The number of nitrogens with two attached hydrogens (primary N) is 1. The maximum Gasteiger partial charge on any atom is 0.294 e. The second-order valence-corrected chi connectivity index (χ2v) is 3.82. The molecule has 1 aromatic rings. The number of hydrogen-bond acceptors (Lipinski definition) is 6. The summed E-state index contributed by atoms with van der Waals surface area (Å²) in [6.07, 6.45) is 0. The predicted octanol–water partition coefficient (Wildman–Crippen LogP) is 0.698. The molecule has 0 aromatic heterocycles. The van der Waals surface area contributed by atoms with Crippen LogP contribution in [0.15, 0.2) is 18.2 Å². The zero-order valence-corrected chi connectivity index (χ0v) is 10.7. The molecule has 0 fully saturated rings. The zero-order valence-electron chi connectivity index (χ0n) is 10.7. The highest BCUT2D eigenvalue weighted by molar-refractivity contribution is 5.94. The van der Waals surface area contributed by atoms with E-state index in [1.54, 1.807) is 0 Å². The van der Waals surface area contributed by atoms with Gasteiger partial charge >= 0.3 is 0 Å². The minimum Gasteiger partial charge on any atom is -0.491 e. The molecule has 1 rings (SSSR count). The quantitative estimate of drug-likeness (QED) is 0.433. The second kappa shape index (κ2) is 7.24. The Bertz CT molecular complexity index is 495. The molecular weight excluding hydrogens is 273 g/mol. The van der Waals surface area contributed by atoms with Gasteiger partial charge in [-0.25, -0.2) is 4.39 Å². The van der Waals surface area contributed by atoms with Gasteiger partial charge in [0.1, 0.15) is 24.8 Å². The molecule has 1 aromatic carbocycles. The predicted molar refractivity (Wildman–Crippen MR) is 67.1 cm³/mol. The molecule has 3 N–H and O–H groups in total. The van der Waals surface area contributed by atoms with E-state index in [0.29, 0.717) is 0 Å². The first-order valence-electron chi connectivity index (χ1n) is 5.66. The molecule has 0 spiro atoms. The number of nitrogens with one attached hydrogen (secondary N) is 1. The van der Waals surface area contributed by atoms with E-state index in [1.165, 1.54) is 19.1 Å². The van der Waals surface area contributed by atoms with E-state index in [9.17, 15) is 19.3 Å². The summed E-state index contributed by atoms with van der Waals surface area (Å²) >= 11 is 0. The van der Waals surface area contributed by atoms with E-state index in [4.69, 9.17) is 10.5 Å². The van der Waals surface area contributed by atoms with Crippen molar-refractivity contribution in [3.63, 3.8) is 0 Å². The topological polar surface area (TPSA) is 117 Å². The van der Waals surface area contributed by atoms with Gasteiger partial charge in [0.15, 0.2) is 0 Å². The van der Waals surface area contributed by atoms with Crippen LogP contribution < -0.4 is 15.8 Å². The molecule has 0 saturated carbocycles. The first-order chi connectivity index (χ1) is 9.40. The van der Waals surface area contributed by atoms with Crippen molar-refractivity contribution in [1.29, 1.82) is 0 Å². The fourth-order valence-electron chi connectivity index (χ4n) is 1.21. The summed E-state index contributed by atoms with van der Waals surface area (Å²) in [4.78, 5) is 25.3. The standard InChI is InChI=1S/C11H14FN3O5/c1-7(13)11(16)14-10-6-8(2-3-9(10)12)19-4-5-20-15(17)18/h2-3,6-7H,4-5,13H2,1H3,(H,14,16). The molecule has 20 heavy (non-hydrogen) atoms. The van der Waals surface area contributed by atoms with E-state index < -0.39 is 22.9 Å². The Labute approximate surface area is 113 Å². The second-order valence-electron chi connectivity index (χ2n) is 3.82. The van der Waals surface area contributed by atoms with Crippen LogP contribution in [-0.2, 0) is 9.63 Å². The third kappa shape index (κ3) is 5.06. The molecule has 110 valence electrons. The van der Waals surface area contributed by atoms with Crippen LogP contribution in [0.25, 0.3) is 0 Å². The van der Waals surface area contributed by atoms with Crippen LogP contribution in [0.3, 0.4) is 0 Å². The lowest BCUT2D eigenvalue weighted by atomic mass is 10.2. The van der Waals surface area contributed by atoms with Crippen LogP contribution >= 0.6 is 0 Å². The summed E-state index contributed by atoms with van der Waals surface area (Å²) in [5.41, 5.74) is 5.27. The Hall–Kier alpha value is -2.42. The molecule has 1 unspecified atom stereocenters. The highest BCUT2D eigenvalue weighted by Crippen LogP contribution is 2.21. The maximum absolute atomic E-state index is 13.5. The minimum atomic E-state index is -0.942. The molecule has 8 nitrogen and oxygen atoms in total. The Morgan fingerprint density at radius 3 is 2.85 bits per heavy atom. The molecule has 1 amide bonds. The largest absolute Gasteiger partial charge is 0.491 e. The smallest absolute Gasteiger partial charge is 0.294 e. The number of halogens is 1. The fourth-order valence-corrected chi connectivity index (χ4v) is 1.21. The normalized spacial score (nSPS) is 11.6. The first kappa shape index (κ1) is 15.6. The summed E-state index contributed by atoms with van der Waals surface area (Å²) < 4.78 is 18.6. The van der Waals surface area contributed by atoms with Crippen molar-refractivity contribution in [2.24, 2.45) is 5.73 Å². The van der Waals surface area contributed by atoms with Gasteiger partial charge in [-0.2, -0.15) is 0 Å². The van der Waals surface area contributed by atoms with E-state index in [2.05, 4.69) is 10.2 Å². The number of anilines is 1. The molecule has 0 radical (unpaired) electrons. The number of ether oxygens (including phenoxy) is 1. The lowest BCUT2D eigenvalue weighted by molar-refractivity contribution is -0.757. The minimum absolute atomic E-state index is 0.0833. The number of nitrogens with zero attached hydrogens (tertiary/aromatic N) is 1. The van der Waals surface area contributed by atoms with Gasteiger partial charge in [0.05, 0.1) is 11.7 Å². The highest BCUT2D eigenvalue weighted by Gasteiger charge is 2.11. The van der Waals surface area contributed by atoms with Gasteiger partial charge in [0, 0.05) is 6.07 Å². The van der Waals surface area contributed by atoms with Crippen LogP contribution in [-0.4, -0.2) is 30.2 Å². The van der Waals surface area contributed by atoms with E-state index in [1.807, 2.05) is 0 Å². The Kier molecular flexibility index (Phi) is 5.66. The summed E-state index contributed by atoms with van der Waals surface area (Å²) in [5.74, 6) is -0.955. The van der Waals surface area contributed by atoms with Crippen LogP contribution in [0.1, 0.15) is 6.92 Å². The molecule has 0 aliphatic heterocycles. The SMILES string of the molecule is CC(N)C(=O)Nc1cc(OCCO[N+](=O)[O-])ccc1F. The molecule has 9 heteroatoms. The summed E-state index contributed by atoms with van der Waals surface area (Å²) in [6.45, 7) is 1.11. The van der Waals surface area contributed by atoms with Crippen LogP contribution in [0.4, 0.5) is 10.1 Å². The van der Waals surface area contributed by atoms with E-state index in [0.717, 1.165) is 6.07 Å². The number of hydrogen-bond donors (Lipinski definition) is 2. The van der Waals surface area contributed by atoms with Crippen molar-refractivity contribution in [2.45, 2.75) is 13.0 Å². The Morgan fingerprint density at radius 2 is 2.25 bits per heavy atom. The van der Waals surface area contributed by atoms with Crippen molar-refractivity contribution in [3.05, 3.63) is 34.1 Å². The zero-order chi connectivity index (χ0) is 15.1. The third-order valence-corrected chi connectivity index (χ3v) is 2.16. The third-order valence-electron chi connectivity index (χ3n) is 2.16. The number of carbonyl (C=O) groups excluding carboxylic acids is 1. The van der Waals surface area contributed by atoms with Crippen molar-refractivity contribution < 1.29 is 23.8 Å². The molecule has 0 aliphatic carbocycles. The van der Waals surface area contributed by atoms with Crippen molar-refractivity contribution >= 4 is 11.6 Å². The van der Waals surface area contributed by atoms with Crippen LogP contribution in [0, 0.1) is 15.9 Å². The Balaban J connectivity index is 2.61. The van der Waals surface area contributed by atoms with Gasteiger partial charge in [-0.05, 0) is 19.1 Å². The molecule has 0 saturated heterocycles. The van der Waals surface area contributed by atoms with Crippen molar-refractivity contribution in [3.8, 4) is 5.75 Å². The summed E-state index contributed by atoms with van der Waals surface area (Å²) in [6, 6.07) is 2.89. The van der Waals surface area contributed by atoms with Gasteiger partial charge in [-0.15, -0.1) is 10.1 Å². The van der Waals surface area contributed by atoms with Gasteiger partial charge in [0.2, 0.25) is 5.91 Å². The maximum atomic E-state index is 13.5. The van der Waals surface area contributed by atoms with Gasteiger partial charge in [-0.3, -0.25) is 4.79 Å². The first-order valence-corrected chi connectivity index (χ1v) is 5.66. The summed E-state index contributed by atoms with van der Waals surface area (Å²) in [7, 11) is 0. The lowest BCUT2D eigenvalue weighted by Crippen LogP contribution is -2.32. The molecule has 0 bridgehead atoms. The monoisotopic (exact) mass is 287 g/mol. The van der Waals surface area contributed by atoms with Gasteiger partial charge in [0.25, 0.3) is 5.09 Å². The van der Waals surface area contributed by atoms with Gasteiger partial charge < -0.3 is 20.6 Å². The summed E-state index contributed by atoms with van der Waals surface area (Å²) in [5, 5.41) is 11.3. The molecule has 0 aliphatic rings. The van der Waals surface area contributed by atoms with E-state index >= 15 is 0 Å². The number of carbonyl (C=O) groups is 1. The average Bonchev–Trinajstić information content (AvgIpc) is 2.37. The van der Waals surface area contributed by atoms with Crippen molar-refractivity contribution in [1.82, 2.24) is 0 Å². The fraction of sp³-hybridized carbons (Fsp3) is 0.364. The molecule has 1 atom stereocenters. The Morgan fingerprint density at radius 1 is 1.55 bits per heavy atom. The number of benzene rings is 1. The van der Waals surface area contributed by atoms with Crippen molar-refractivity contribution in [2.75, 3.05) is 18.5 Å². The highest BCUT2D eigenvalue weighted by atomic mass is 19.1. The lowest BCUT2D eigenvalue weighted by Gasteiger charge is -2.11. The number of rotatable bonds is 7. The molecule has 0 heterocycles. The van der Waals surface area contributed by atoms with Crippen LogP contribution in [0.5, 0.6) is 5.75 Å². The van der Waals surface area contributed by atoms with Gasteiger partial charge in [-0.1, -0.05) is 0 Å². The van der Waals surface area contributed by atoms with Crippen LogP contribution in [0.2, 0.25) is 0 Å².